The van der Waals surface area contributed by atoms with E-state index >= 15 is 0 Å². The molecular weight excluding hydrogens is 210 g/mol. The van der Waals surface area contributed by atoms with Gasteiger partial charge in [0, 0.05) is 19.1 Å². The van der Waals surface area contributed by atoms with Gasteiger partial charge >= 0.3 is 0 Å². The van der Waals surface area contributed by atoms with Crippen molar-refractivity contribution >= 4 is 5.69 Å². The molecule has 17 heavy (non-hydrogen) atoms. The highest BCUT2D eigenvalue weighted by molar-refractivity contribution is 5.62. The molecule has 0 amide bonds. The number of hydrogen-bond acceptors (Lipinski definition) is 3. The molecule has 1 aliphatic heterocycles. The zero-order valence-corrected chi connectivity index (χ0v) is 9.89. The van der Waals surface area contributed by atoms with Crippen LogP contribution >= 0.6 is 0 Å². The van der Waals surface area contributed by atoms with Gasteiger partial charge in [0.25, 0.3) is 0 Å². The number of benzene rings is 1. The van der Waals surface area contributed by atoms with Gasteiger partial charge in [-0.2, -0.15) is 5.26 Å². The van der Waals surface area contributed by atoms with Crippen LogP contribution in [-0.4, -0.2) is 12.6 Å². The van der Waals surface area contributed by atoms with Crippen LogP contribution < -0.4 is 10.6 Å². The molecule has 1 heterocycles. The Morgan fingerprint density at radius 3 is 2.88 bits per heavy atom. The van der Waals surface area contributed by atoms with Crippen LogP contribution in [0.2, 0.25) is 0 Å². The Kier molecular flexibility index (Phi) is 2.53. The minimum atomic E-state index is 0.501. The monoisotopic (exact) mass is 227 g/mol. The van der Waals surface area contributed by atoms with Crippen LogP contribution in [0.4, 0.5) is 5.69 Å². The summed E-state index contributed by atoms with van der Waals surface area (Å²) in [6.45, 7) is 1.63. The summed E-state index contributed by atoms with van der Waals surface area (Å²) in [7, 11) is 0. The highest BCUT2D eigenvalue weighted by atomic mass is 15.2. The minimum Gasteiger partial charge on any atom is -0.367 e. The predicted octanol–water partition coefficient (Wildman–Crippen LogP) is 2.01. The third-order valence-electron chi connectivity index (χ3n) is 4.14. The van der Waals surface area contributed by atoms with Crippen molar-refractivity contribution in [2.24, 2.45) is 11.7 Å². The zero-order valence-electron chi connectivity index (χ0n) is 9.89. The van der Waals surface area contributed by atoms with Gasteiger partial charge in [0.15, 0.2) is 0 Å². The smallest absolute Gasteiger partial charge is 0.101 e. The van der Waals surface area contributed by atoms with Crippen LogP contribution in [-0.2, 0) is 6.54 Å². The molecule has 1 saturated carbocycles. The topological polar surface area (TPSA) is 53.1 Å². The molecule has 1 aliphatic carbocycles. The number of anilines is 1. The number of fused-ring (bicyclic) bond motifs is 2. The van der Waals surface area contributed by atoms with Gasteiger partial charge in [-0.25, -0.2) is 0 Å². The van der Waals surface area contributed by atoms with E-state index in [1.807, 2.05) is 12.1 Å². The van der Waals surface area contributed by atoms with Crippen molar-refractivity contribution < 1.29 is 0 Å². The number of hydrogen-bond donors (Lipinski definition) is 1. The molecule has 2 atom stereocenters. The summed E-state index contributed by atoms with van der Waals surface area (Å²) in [5, 5.41) is 9.25. The lowest BCUT2D eigenvalue weighted by atomic mass is 10.1. The number of nitrogens with zero attached hydrogens (tertiary/aromatic N) is 2. The maximum atomic E-state index is 9.25. The lowest BCUT2D eigenvalue weighted by Crippen LogP contribution is -2.32. The lowest BCUT2D eigenvalue weighted by Gasteiger charge is -2.30. The van der Waals surface area contributed by atoms with Crippen LogP contribution in [0, 0.1) is 17.2 Å². The van der Waals surface area contributed by atoms with E-state index in [1.165, 1.54) is 19.3 Å². The Labute approximate surface area is 102 Å². The Morgan fingerprint density at radius 1 is 1.41 bits per heavy atom. The maximum Gasteiger partial charge on any atom is 0.101 e. The molecule has 0 spiro atoms. The summed E-state index contributed by atoms with van der Waals surface area (Å²) in [5.74, 6) is 0.848. The summed E-state index contributed by atoms with van der Waals surface area (Å²) >= 11 is 0. The molecular formula is C14H17N3. The van der Waals surface area contributed by atoms with Crippen LogP contribution in [0.1, 0.15) is 30.4 Å². The largest absolute Gasteiger partial charge is 0.367 e. The van der Waals surface area contributed by atoms with Gasteiger partial charge in [-0.1, -0.05) is 6.07 Å². The molecule has 3 nitrogen and oxygen atoms in total. The first-order valence-electron chi connectivity index (χ1n) is 6.31. The lowest BCUT2D eigenvalue weighted by molar-refractivity contribution is 0.553. The standard InChI is InChI=1S/C14H17N3/c15-7-10-2-4-14(12(5-10)8-16)17-9-11-1-3-13(17)6-11/h2,4-5,11,13H,1,3,6-7,9,15H2. The van der Waals surface area contributed by atoms with E-state index < -0.39 is 0 Å². The van der Waals surface area contributed by atoms with Crippen molar-refractivity contribution in [2.75, 3.05) is 11.4 Å². The first kappa shape index (κ1) is 10.6. The van der Waals surface area contributed by atoms with Gasteiger partial charge in [0.2, 0.25) is 0 Å². The van der Waals surface area contributed by atoms with Crippen LogP contribution in [0.15, 0.2) is 18.2 Å². The van der Waals surface area contributed by atoms with E-state index in [-0.39, 0.29) is 0 Å². The molecule has 0 radical (unpaired) electrons. The molecule has 1 saturated heterocycles. The van der Waals surface area contributed by atoms with E-state index in [9.17, 15) is 5.26 Å². The van der Waals surface area contributed by atoms with Gasteiger partial charge in [-0.3, -0.25) is 0 Å². The summed E-state index contributed by atoms with van der Waals surface area (Å²) in [5.41, 5.74) is 8.54. The van der Waals surface area contributed by atoms with Crippen LogP contribution in [0.25, 0.3) is 0 Å². The second-order valence-electron chi connectivity index (χ2n) is 5.15. The highest BCUT2D eigenvalue weighted by Gasteiger charge is 2.38. The van der Waals surface area contributed by atoms with Gasteiger partial charge in [-0.15, -0.1) is 0 Å². The molecule has 2 bridgehead atoms. The number of nitrogens with two attached hydrogens (primary N) is 1. The summed E-state index contributed by atoms with van der Waals surface area (Å²) in [6.07, 6.45) is 3.96. The second-order valence-corrected chi connectivity index (χ2v) is 5.15. The fourth-order valence-corrected chi connectivity index (χ4v) is 3.27. The van der Waals surface area contributed by atoms with Crippen LogP contribution in [0.5, 0.6) is 0 Å². The van der Waals surface area contributed by atoms with E-state index in [1.54, 1.807) is 0 Å². The number of piperidine rings is 1. The molecule has 2 N–H and O–H groups in total. The van der Waals surface area contributed by atoms with Crippen molar-refractivity contribution in [3.05, 3.63) is 29.3 Å². The summed E-state index contributed by atoms with van der Waals surface area (Å²) < 4.78 is 0. The van der Waals surface area contributed by atoms with E-state index in [0.29, 0.717) is 12.6 Å². The molecule has 2 unspecified atom stereocenters. The Morgan fingerprint density at radius 2 is 2.29 bits per heavy atom. The van der Waals surface area contributed by atoms with E-state index in [2.05, 4.69) is 17.0 Å². The molecule has 3 heteroatoms. The van der Waals surface area contributed by atoms with Crippen molar-refractivity contribution in [3.63, 3.8) is 0 Å². The SMILES string of the molecule is N#Cc1cc(CN)ccc1N1CC2CCC1C2. The summed E-state index contributed by atoms with van der Waals surface area (Å²) in [6, 6.07) is 9.02. The molecule has 2 fully saturated rings. The average Bonchev–Trinajstić information content (AvgIpc) is 3.00. The fraction of sp³-hybridized carbons (Fsp3) is 0.500. The van der Waals surface area contributed by atoms with Crippen molar-refractivity contribution in [1.29, 1.82) is 5.26 Å². The molecule has 3 rings (SSSR count). The third-order valence-corrected chi connectivity index (χ3v) is 4.14. The van der Waals surface area contributed by atoms with Gasteiger partial charge in [-0.05, 0) is 42.9 Å². The predicted molar refractivity (Wildman–Crippen MR) is 67.5 cm³/mol. The Hall–Kier alpha value is -1.53. The van der Waals surface area contributed by atoms with E-state index in [4.69, 9.17) is 5.73 Å². The fourth-order valence-electron chi connectivity index (χ4n) is 3.27. The zero-order chi connectivity index (χ0) is 11.8. The number of nitriles is 1. The maximum absolute atomic E-state index is 9.25. The minimum absolute atomic E-state index is 0.501. The summed E-state index contributed by atoms with van der Waals surface area (Å²) in [4.78, 5) is 2.42. The van der Waals surface area contributed by atoms with Crippen molar-refractivity contribution in [3.8, 4) is 6.07 Å². The Bertz CT molecular complexity index is 475. The number of rotatable bonds is 2. The first-order chi connectivity index (χ1) is 8.31. The Balaban J connectivity index is 1.95. The average molecular weight is 227 g/mol. The van der Waals surface area contributed by atoms with Crippen molar-refractivity contribution in [2.45, 2.75) is 31.8 Å². The molecule has 1 aromatic rings. The molecule has 2 aliphatic rings. The van der Waals surface area contributed by atoms with Gasteiger partial charge in [0.1, 0.15) is 6.07 Å². The normalized spacial score (nSPS) is 26.2. The molecule has 0 aromatic heterocycles. The second kappa shape index (κ2) is 4.05. The van der Waals surface area contributed by atoms with E-state index in [0.717, 1.165) is 29.3 Å². The van der Waals surface area contributed by atoms with Crippen LogP contribution in [0.3, 0.4) is 0 Å². The first-order valence-corrected chi connectivity index (χ1v) is 6.31. The van der Waals surface area contributed by atoms with Gasteiger partial charge in [0.05, 0.1) is 11.3 Å². The van der Waals surface area contributed by atoms with Crippen molar-refractivity contribution in [1.82, 2.24) is 0 Å². The van der Waals surface area contributed by atoms with Gasteiger partial charge < -0.3 is 10.6 Å². The molecule has 1 aromatic carbocycles. The highest BCUT2D eigenvalue weighted by Crippen LogP contribution is 2.41. The molecule has 88 valence electrons. The quantitative estimate of drug-likeness (QED) is 0.840. The third kappa shape index (κ3) is 1.69.